The summed E-state index contributed by atoms with van der Waals surface area (Å²) in [5.41, 5.74) is 1.49. The molecule has 1 aromatic heterocycles. The quantitative estimate of drug-likeness (QED) is 0.530. The number of nitrogens with one attached hydrogen (secondary N) is 1. The molecule has 1 aliphatic rings. The Morgan fingerprint density at radius 2 is 1.90 bits per heavy atom. The summed E-state index contributed by atoms with van der Waals surface area (Å²) in [6.07, 6.45) is 1.53. The van der Waals surface area contributed by atoms with Gasteiger partial charge in [-0.25, -0.2) is 4.98 Å². The van der Waals surface area contributed by atoms with E-state index >= 15 is 0 Å². The average molecular weight is 401 g/mol. The second-order valence-corrected chi connectivity index (χ2v) is 7.20. The van der Waals surface area contributed by atoms with Crippen LogP contribution in [0.25, 0.3) is 10.9 Å². The molecule has 0 spiro atoms. The number of aromatic nitrogens is 1. The molecule has 2 aromatic carbocycles. The van der Waals surface area contributed by atoms with Gasteiger partial charge in [0, 0.05) is 42.2 Å². The van der Waals surface area contributed by atoms with Crippen LogP contribution >= 0.6 is 0 Å². The SMILES string of the molecule is N#Cc1cc(N2CCC(NC(=O)c3ccccc3)CC2)nc2ccc([N+](=O)[O-])cc12. The average Bonchev–Trinajstić information content (AvgIpc) is 2.79. The second-order valence-electron chi connectivity index (χ2n) is 7.20. The van der Waals surface area contributed by atoms with Crippen LogP contribution < -0.4 is 10.2 Å². The third-order valence-electron chi connectivity index (χ3n) is 5.30. The molecule has 3 aromatic rings. The number of nitriles is 1. The Labute approximate surface area is 172 Å². The van der Waals surface area contributed by atoms with E-state index in [2.05, 4.69) is 21.3 Å². The Morgan fingerprint density at radius 3 is 2.57 bits per heavy atom. The first-order chi connectivity index (χ1) is 14.5. The zero-order chi connectivity index (χ0) is 21.1. The predicted octanol–water partition coefficient (Wildman–Crippen LogP) is 3.41. The van der Waals surface area contributed by atoms with Gasteiger partial charge in [-0.15, -0.1) is 0 Å². The third kappa shape index (κ3) is 3.91. The van der Waals surface area contributed by atoms with Crippen molar-refractivity contribution in [2.75, 3.05) is 18.0 Å². The molecule has 0 bridgehead atoms. The number of non-ortho nitro benzene ring substituents is 1. The topological polar surface area (TPSA) is 112 Å². The maximum absolute atomic E-state index is 12.3. The summed E-state index contributed by atoms with van der Waals surface area (Å²) < 4.78 is 0. The van der Waals surface area contributed by atoms with E-state index < -0.39 is 4.92 Å². The summed E-state index contributed by atoms with van der Waals surface area (Å²) in [6.45, 7) is 1.38. The van der Waals surface area contributed by atoms with Crippen LogP contribution in [0.2, 0.25) is 0 Å². The smallest absolute Gasteiger partial charge is 0.270 e. The fraction of sp³-hybridized carbons (Fsp3) is 0.227. The number of pyridine rings is 1. The number of rotatable bonds is 4. The van der Waals surface area contributed by atoms with Gasteiger partial charge in [-0.05, 0) is 37.1 Å². The van der Waals surface area contributed by atoms with Gasteiger partial charge in [0.05, 0.1) is 22.1 Å². The van der Waals surface area contributed by atoms with E-state index in [0.717, 1.165) is 12.8 Å². The third-order valence-corrected chi connectivity index (χ3v) is 5.30. The van der Waals surface area contributed by atoms with Crippen molar-refractivity contribution in [2.45, 2.75) is 18.9 Å². The maximum atomic E-state index is 12.3. The van der Waals surface area contributed by atoms with E-state index in [0.29, 0.717) is 40.9 Å². The van der Waals surface area contributed by atoms with Gasteiger partial charge in [-0.2, -0.15) is 5.26 Å². The van der Waals surface area contributed by atoms with Gasteiger partial charge in [0.15, 0.2) is 0 Å². The van der Waals surface area contributed by atoms with Crippen molar-refractivity contribution >= 4 is 28.3 Å². The van der Waals surface area contributed by atoms with Crippen LogP contribution in [-0.4, -0.2) is 34.9 Å². The zero-order valence-electron chi connectivity index (χ0n) is 16.1. The lowest BCUT2D eigenvalue weighted by molar-refractivity contribution is -0.384. The van der Waals surface area contributed by atoms with Crippen molar-refractivity contribution in [1.29, 1.82) is 5.26 Å². The maximum Gasteiger partial charge on any atom is 0.270 e. The van der Waals surface area contributed by atoms with E-state index in [1.807, 2.05) is 18.2 Å². The van der Waals surface area contributed by atoms with Crippen LogP contribution in [0.1, 0.15) is 28.8 Å². The molecule has 0 aliphatic carbocycles. The van der Waals surface area contributed by atoms with Crippen LogP contribution in [0, 0.1) is 21.4 Å². The molecule has 2 heterocycles. The van der Waals surface area contributed by atoms with Crippen LogP contribution in [0.15, 0.2) is 54.6 Å². The summed E-state index contributed by atoms with van der Waals surface area (Å²) in [7, 11) is 0. The summed E-state index contributed by atoms with van der Waals surface area (Å²) in [5, 5.41) is 24.1. The van der Waals surface area contributed by atoms with Crippen molar-refractivity contribution in [1.82, 2.24) is 10.3 Å². The monoisotopic (exact) mass is 401 g/mol. The molecule has 0 atom stereocenters. The fourth-order valence-corrected chi connectivity index (χ4v) is 3.68. The van der Waals surface area contributed by atoms with Crippen LogP contribution in [0.4, 0.5) is 11.5 Å². The minimum atomic E-state index is -0.483. The number of carbonyl (C=O) groups is 1. The Bertz CT molecular complexity index is 1150. The number of anilines is 1. The number of hydrogen-bond donors (Lipinski definition) is 1. The van der Waals surface area contributed by atoms with E-state index in [9.17, 15) is 20.2 Å². The van der Waals surface area contributed by atoms with Crippen molar-refractivity contribution in [3.05, 3.63) is 75.8 Å². The molecule has 1 N–H and O–H groups in total. The number of piperidine rings is 1. The first-order valence-corrected chi connectivity index (χ1v) is 9.65. The Balaban J connectivity index is 1.48. The minimum absolute atomic E-state index is 0.0662. The van der Waals surface area contributed by atoms with Gasteiger partial charge < -0.3 is 10.2 Å². The molecule has 4 rings (SSSR count). The highest BCUT2D eigenvalue weighted by atomic mass is 16.6. The largest absolute Gasteiger partial charge is 0.356 e. The van der Waals surface area contributed by atoms with Gasteiger partial charge in [0.2, 0.25) is 0 Å². The molecule has 1 fully saturated rings. The standard InChI is InChI=1S/C22H19N5O3/c23-14-16-12-21(25-20-7-6-18(27(29)30)13-19(16)20)26-10-8-17(9-11-26)24-22(28)15-4-2-1-3-5-15/h1-7,12-13,17H,8-11H2,(H,24,28). The molecule has 150 valence electrons. The van der Waals surface area contributed by atoms with Crippen LogP contribution in [0.3, 0.4) is 0 Å². The number of amides is 1. The Hall–Kier alpha value is -3.99. The van der Waals surface area contributed by atoms with E-state index in [-0.39, 0.29) is 17.6 Å². The first kappa shape index (κ1) is 19.3. The lowest BCUT2D eigenvalue weighted by Crippen LogP contribution is -2.45. The van der Waals surface area contributed by atoms with E-state index in [1.165, 1.54) is 12.1 Å². The van der Waals surface area contributed by atoms with Crippen molar-refractivity contribution in [3.8, 4) is 6.07 Å². The molecule has 1 aliphatic heterocycles. The lowest BCUT2D eigenvalue weighted by Gasteiger charge is -2.33. The lowest BCUT2D eigenvalue weighted by atomic mass is 10.0. The number of nitrogens with zero attached hydrogens (tertiary/aromatic N) is 4. The van der Waals surface area contributed by atoms with Crippen molar-refractivity contribution in [2.24, 2.45) is 0 Å². The highest BCUT2D eigenvalue weighted by Crippen LogP contribution is 2.27. The molecule has 0 radical (unpaired) electrons. The molecular weight excluding hydrogens is 382 g/mol. The van der Waals surface area contributed by atoms with Gasteiger partial charge >= 0.3 is 0 Å². The Kier molecular flexibility index (Phi) is 5.26. The number of benzene rings is 2. The van der Waals surface area contributed by atoms with Gasteiger partial charge in [0.25, 0.3) is 11.6 Å². The summed E-state index contributed by atoms with van der Waals surface area (Å²) >= 11 is 0. The molecule has 1 saturated heterocycles. The number of fused-ring (bicyclic) bond motifs is 1. The molecular formula is C22H19N5O3. The molecule has 1 amide bonds. The highest BCUT2D eigenvalue weighted by Gasteiger charge is 2.23. The van der Waals surface area contributed by atoms with Gasteiger partial charge in [0.1, 0.15) is 5.82 Å². The summed E-state index contributed by atoms with van der Waals surface area (Å²) in [6, 6.07) is 17.4. The zero-order valence-corrected chi connectivity index (χ0v) is 16.1. The van der Waals surface area contributed by atoms with Gasteiger partial charge in [-0.3, -0.25) is 14.9 Å². The minimum Gasteiger partial charge on any atom is -0.356 e. The number of nitro benzene ring substituents is 1. The normalized spacial score (nSPS) is 14.3. The molecule has 8 heteroatoms. The predicted molar refractivity (Wildman–Crippen MR) is 112 cm³/mol. The summed E-state index contributed by atoms with van der Waals surface area (Å²) in [5.74, 6) is 0.590. The molecule has 0 unspecified atom stereocenters. The van der Waals surface area contributed by atoms with Crippen molar-refractivity contribution < 1.29 is 9.72 Å². The van der Waals surface area contributed by atoms with E-state index in [4.69, 9.17) is 0 Å². The first-order valence-electron chi connectivity index (χ1n) is 9.65. The fourth-order valence-electron chi connectivity index (χ4n) is 3.68. The molecule has 30 heavy (non-hydrogen) atoms. The second kappa shape index (κ2) is 8.17. The number of nitro groups is 1. The van der Waals surface area contributed by atoms with E-state index in [1.54, 1.807) is 24.3 Å². The van der Waals surface area contributed by atoms with Gasteiger partial charge in [-0.1, -0.05) is 18.2 Å². The highest BCUT2D eigenvalue weighted by molar-refractivity contribution is 5.94. The Morgan fingerprint density at radius 1 is 1.17 bits per heavy atom. The molecule has 8 nitrogen and oxygen atoms in total. The molecule has 0 saturated carbocycles. The number of hydrogen-bond acceptors (Lipinski definition) is 6. The van der Waals surface area contributed by atoms with Crippen molar-refractivity contribution in [3.63, 3.8) is 0 Å². The van der Waals surface area contributed by atoms with Crippen LogP contribution in [-0.2, 0) is 0 Å². The van der Waals surface area contributed by atoms with Crippen LogP contribution in [0.5, 0.6) is 0 Å². The summed E-state index contributed by atoms with van der Waals surface area (Å²) in [4.78, 5) is 29.6. The number of carbonyl (C=O) groups excluding carboxylic acids is 1.